The first-order chi connectivity index (χ1) is 8.08. The first-order valence-electron chi connectivity index (χ1n) is 5.76. The van der Waals surface area contributed by atoms with Gasteiger partial charge in [0.15, 0.2) is 0 Å². The molecule has 0 saturated carbocycles. The molecular weight excluding hydrogens is 288 g/mol. The van der Waals surface area contributed by atoms with Gasteiger partial charge < -0.3 is 14.2 Å². The van der Waals surface area contributed by atoms with Crippen molar-refractivity contribution < 1.29 is 19.0 Å². The summed E-state index contributed by atoms with van der Waals surface area (Å²) in [5, 5.41) is 0.891. The Kier molecular flexibility index (Phi) is 8.04. The first kappa shape index (κ1) is 16.3. The number of rotatable bonds is 5. The van der Waals surface area contributed by atoms with E-state index >= 15 is 0 Å². The summed E-state index contributed by atoms with van der Waals surface area (Å²) in [6, 6.07) is 0. The number of halogens is 1. The highest BCUT2D eigenvalue weighted by Crippen LogP contribution is 2.30. The van der Waals surface area contributed by atoms with Gasteiger partial charge in [-0.15, -0.1) is 0 Å². The summed E-state index contributed by atoms with van der Waals surface area (Å²) in [6.07, 6.45) is 0.288. The number of ether oxygens (including phenoxy) is 3. The van der Waals surface area contributed by atoms with E-state index in [1.54, 1.807) is 0 Å². The summed E-state index contributed by atoms with van der Waals surface area (Å²) in [4.78, 5) is 10.7. The van der Waals surface area contributed by atoms with Gasteiger partial charge in [-0.25, -0.2) is 4.79 Å². The van der Waals surface area contributed by atoms with Crippen LogP contribution in [0.25, 0.3) is 0 Å². The fraction of sp³-hybridized carbons (Fsp3) is 0.750. The maximum absolute atomic E-state index is 10.7. The molecule has 1 saturated heterocycles. The molecule has 0 aromatic heterocycles. The zero-order valence-electron chi connectivity index (χ0n) is 10.8. The standard InChI is InChI=1S/C10H15BrO4.C2H6/c1-8(13-5-3-4-11)10(2)6-14-9(12)15-7-10;1-2/h1,3-7H2,2H3;1-2H3. The maximum atomic E-state index is 10.7. The average Bonchev–Trinajstić information content (AvgIpc) is 2.36. The minimum absolute atomic E-state index is 0.263. The van der Waals surface area contributed by atoms with Gasteiger partial charge in [-0.05, 0) is 13.3 Å². The molecule has 0 aliphatic carbocycles. The highest BCUT2D eigenvalue weighted by Gasteiger charge is 2.37. The average molecular weight is 309 g/mol. The fourth-order valence-electron chi connectivity index (χ4n) is 1.10. The predicted molar refractivity (Wildman–Crippen MR) is 70.3 cm³/mol. The summed E-state index contributed by atoms with van der Waals surface area (Å²) in [6.45, 7) is 10.9. The Morgan fingerprint density at radius 1 is 1.47 bits per heavy atom. The number of hydrogen-bond donors (Lipinski definition) is 0. The molecule has 1 rings (SSSR count). The Balaban J connectivity index is 0.00000121. The molecular formula is C12H21BrO4. The van der Waals surface area contributed by atoms with Crippen molar-refractivity contribution >= 4 is 22.1 Å². The van der Waals surface area contributed by atoms with Crippen LogP contribution in [0, 0.1) is 5.41 Å². The SMILES string of the molecule is C=C(OCCCBr)C1(C)COC(=O)OC1.CC. The van der Waals surface area contributed by atoms with Crippen LogP contribution in [0.2, 0.25) is 0 Å². The zero-order valence-corrected chi connectivity index (χ0v) is 12.3. The Labute approximate surface area is 111 Å². The van der Waals surface area contributed by atoms with Crippen LogP contribution in [-0.2, 0) is 14.2 Å². The van der Waals surface area contributed by atoms with Gasteiger partial charge in [0, 0.05) is 5.33 Å². The minimum Gasteiger partial charge on any atom is -0.498 e. The molecule has 4 nitrogen and oxygen atoms in total. The Morgan fingerprint density at radius 3 is 2.47 bits per heavy atom. The molecule has 0 spiro atoms. The molecule has 17 heavy (non-hydrogen) atoms. The van der Waals surface area contributed by atoms with Crippen LogP contribution in [0.1, 0.15) is 27.2 Å². The van der Waals surface area contributed by atoms with E-state index in [2.05, 4.69) is 22.5 Å². The Hall–Kier alpha value is -0.710. The molecule has 1 aliphatic heterocycles. The van der Waals surface area contributed by atoms with Crippen LogP contribution in [0.15, 0.2) is 12.3 Å². The summed E-state index contributed by atoms with van der Waals surface area (Å²) >= 11 is 3.31. The topological polar surface area (TPSA) is 44.8 Å². The molecule has 0 bridgehead atoms. The quantitative estimate of drug-likeness (QED) is 0.337. The number of hydrogen-bond acceptors (Lipinski definition) is 4. The summed E-state index contributed by atoms with van der Waals surface area (Å²) in [5.41, 5.74) is -0.430. The summed E-state index contributed by atoms with van der Waals surface area (Å²) in [5.74, 6) is 0.607. The van der Waals surface area contributed by atoms with E-state index in [1.807, 2.05) is 20.8 Å². The van der Waals surface area contributed by atoms with Gasteiger partial charge in [0.05, 0.1) is 12.0 Å². The maximum Gasteiger partial charge on any atom is 0.508 e. The van der Waals surface area contributed by atoms with Gasteiger partial charge in [0.25, 0.3) is 0 Å². The molecule has 100 valence electrons. The van der Waals surface area contributed by atoms with Gasteiger partial charge in [-0.3, -0.25) is 0 Å². The van der Waals surface area contributed by atoms with Crippen molar-refractivity contribution in [2.24, 2.45) is 5.41 Å². The molecule has 0 aromatic carbocycles. The van der Waals surface area contributed by atoms with Crippen LogP contribution >= 0.6 is 15.9 Å². The van der Waals surface area contributed by atoms with Crippen molar-refractivity contribution in [3.05, 3.63) is 12.3 Å². The second-order valence-corrected chi connectivity index (χ2v) is 4.50. The predicted octanol–water partition coefficient (Wildman–Crippen LogP) is 3.50. The van der Waals surface area contributed by atoms with E-state index in [1.165, 1.54) is 0 Å². The van der Waals surface area contributed by atoms with Crippen molar-refractivity contribution in [2.45, 2.75) is 27.2 Å². The highest BCUT2D eigenvalue weighted by molar-refractivity contribution is 9.09. The van der Waals surface area contributed by atoms with E-state index in [9.17, 15) is 4.79 Å². The second-order valence-electron chi connectivity index (χ2n) is 3.70. The van der Waals surface area contributed by atoms with Crippen LogP contribution in [-0.4, -0.2) is 31.3 Å². The van der Waals surface area contributed by atoms with Crippen molar-refractivity contribution in [1.29, 1.82) is 0 Å². The van der Waals surface area contributed by atoms with Crippen LogP contribution in [0.5, 0.6) is 0 Å². The van der Waals surface area contributed by atoms with Crippen LogP contribution < -0.4 is 0 Å². The molecule has 0 aromatic rings. The van der Waals surface area contributed by atoms with E-state index in [4.69, 9.17) is 14.2 Å². The molecule has 0 amide bonds. The Morgan fingerprint density at radius 2 is 2.00 bits per heavy atom. The van der Waals surface area contributed by atoms with Crippen LogP contribution in [0.3, 0.4) is 0 Å². The van der Waals surface area contributed by atoms with Crippen molar-refractivity contribution in [3.63, 3.8) is 0 Å². The van der Waals surface area contributed by atoms with Gasteiger partial charge in [0.2, 0.25) is 0 Å². The third-order valence-electron chi connectivity index (χ3n) is 2.24. The smallest absolute Gasteiger partial charge is 0.498 e. The van der Waals surface area contributed by atoms with Gasteiger partial charge in [-0.2, -0.15) is 0 Å². The normalized spacial score (nSPS) is 17.1. The molecule has 0 N–H and O–H groups in total. The number of carbonyl (C=O) groups excluding carboxylic acids is 1. The lowest BCUT2D eigenvalue weighted by atomic mass is 9.90. The molecule has 1 heterocycles. The lowest BCUT2D eigenvalue weighted by Gasteiger charge is -2.33. The molecule has 0 atom stereocenters. The number of cyclic esters (lactones) is 2. The first-order valence-corrected chi connectivity index (χ1v) is 6.88. The van der Waals surface area contributed by atoms with Gasteiger partial charge in [0.1, 0.15) is 19.0 Å². The second kappa shape index (κ2) is 8.39. The van der Waals surface area contributed by atoms with Crippen molar-refractivity contribution in [3.8, 4) is 0 Å². The van der Waals surface area contributed by atoms with Gasteiger partial charge >= 0.3 is 6.16 Å². The van der Waals surface area contributed by atoms with E-state index < -0.39 is 11.6 Å². The minimum atomic E-state index is -0.624. The molecule has 5 heteroatoms. The lowest BCUT2D eigenvalue weighted by Crippen LogP contribution is -2.39. The largest absolute Gasteiger partial charge is 0.508 e. The summed E-state index contributed by atoms with van der Waals surface area (Å²) in [7, 11) is 0. The highest BCUT2D eigenvalue weighted by atomic mass is 79.9. The third-order valence-corrected chi connectivity index (χ3v) is 2.81. The molecule has 1 aliphatic rings. The van der Waals surface area contributed by atoms with Crippen LogP contribution in [0.4, 0.5) is 4.79 Å². The fourth-order valence-corrected chi connectivity index (χ4v) is 1.33. The Bertz CT molecular complexity index is 243. The lowest BCUT2D eigenvalue weighted by molar-refractivity contribution is -0.0571. The zero-order chi connectivity index (χ0) is 13.3. The van der Waals surface area contributed by atoms with Crippen molar-refractivity contribution in [2.75, 3.05) is 25.2 Å². The van der Waals surface area contributed by atoms with Gasteiger partial charge in [-0.1, -0.05) is 36.4 Å². The molecule has 1 fully saturated rings. The van der Waals surface area contributed by atoms with E-state index in [0.717, 1.165) is 11.8 Å². The summed E-state index contributed by atoms with van der Waals surface area (Å²) < 4.78 is 15.1. The third kappa shape index (κ3) is 5.44. The molecule has 0 unspecified atom stereocenters. The van der Waals surface area contributed by atoms with E-state index in [0.29, 0.717) is 12.4 Å². The monoisotopic (exact) mass is 308 g/mol. The van der Waals surface area contributed by atoms with E-state index in [-0.39, 0.29) is 13.2 Å². The van der Waals surface area contributed by atoms with Crippen molar-refractivity contribution in [1.82, 2.24) is 0 Å². The number of carbonyl (C=O) groups is 1. The number of alkyl halides is 1. The molecule has 0 radical (unpaired) electrons.